The van der Waals surface area contributed by atoms with E-state index in [1.54, 1.807) is 12.4 Å². The van der Waals surface area contributed by atoms with Gasteiger partial charge in [0.25, 0.3) is 0 Å². The molecule has 1 aromatic carbocycles. The van der Waals surface area contributed by atoms with Crippen LogP contribution in [0.4, 0.5) is 4.79 Å². The number of hydrogen-bond donors (Lipinski definition) is 2. The number of benzene rings is 1. The second-order valence-corrected chi connectivity index (χ2v) is 4.56. The van der Waals surface area contributed by atoms with Gasteiger partial charge in [0.05, 0.1) is 6.04 Å². The topological polar surface area (TPSA) is 54.0 Å². The third-order valence-electron chi connectivity index (χ3n) is 3.01. The van der Waals surface area contributed by atoms with Crippen LogP contribution in [-0.4, -0.2) is 11.0 Å². The number of rotatable bonds is 5. The summed E-state index contributed by atoms with van der Waals surface area (Å²) in [6.45, 7) is 0.428. The molecule has 0 bridgehead atoms. The van der Waals surface area contributed by atoms with Crippen LogP contribution in [0, 0.1) is 12.3 Å². The van der Waals surface area contributed by atoms with Gasteiger partial charge in [-0.1, -0.05) is 36.4 Å². The number of carbonyl (C=O) groups excluding carboxylic acids is 1. The van der Waals surface area contributed by atoms with Crippen LogP contribution in [0.1, 0.15) is 23.6 Å². The molecule has 1 heterocycles. The van der Waals surface area contributed by atoms with E-state index >= 15 is 0 Å². The zero-order chi connectivity index (χ0) is 14.9. The summed E-state index contributed by atoms with van der Waals surface area (Å²) in [5.74, 6) is 2.59. The van der Waals surface area contributed by atoms with Crippen LogP contribution in [0.25, 0.3) is 0 Å². The fraction of sp³-hybridized carbons (Fsp3) is 0.176. The Kier molecular flexibility index (Phi) is 5.36. The number of amides is 2. The van der Waals surface area contributed by atoms with Crippen LogP contribution < -0.4 is 10.6 Å². The van der Waals surface area contributed by atoms with Crippen molar-refractivity contribution < 1.29 is 4.79 Å². The molecule has 1 unspecified atom stereocenters. The fourth-order valence-electron chi connectivity index (χ4n) is 1.95. The highest BCUT2D eigenvalue weighted by molar-refractivity contribution is 5.74. The number of pyridine rings is 1. The minimum atomic E-state index is -0.247. The molecule has 4 heteroatoms. The van der Waals surface area contributed by atoms with Gasteiger partial charge < -0.3 is 10.6 Å². The molecule has 0 aliphatic rings. The first kappa shape index (κ1) is 14.6. The van der Waals surface area contributed by atoms with Crippen LogP contribution in [0.2, 0.25) is 0 Å². The molecule has 0 radical (unpaired) electrons. The first-order valence-corrected chi connectivity index (χ1v) is 6.71. The maximum absolute atomic E-state index is 12.0. The number of aromatic nitrogens is 1. The van der Waals surface area contributed by atoms with Crippen LogP contribution in [0.15, 0.2) is 54.9 Å². The van der Waals surface area contributed by atoms with E-state index in [0.29, 0.717) is 13.0 Å². The summed E-state index contributed by atoms with van der Waals surface area (Å²) in [6, 6.07) is 13.0. The zero-order valence-electron chi connectivity index (χ0n) is 11.6. The number of hydrogen-bond acceptors (Lipinski definition) is 2. The van der Waals surface area contributed by atoms with E-state index in [4.69, 9.17) is 6.42 Å². The average Bonchev–Trinajstić information content (AvgIpc) is 2.54. The van der Waals surface area contributed by atoms with Gasteiger partial charge in [0.15, 0.2) is 0 Å². The van der Waals surface area contributed by atoms with Gasteiger partial charge in [0, 0.05) is 25.4 Å². The predicted octanol–water partition coefficient (Wildman–Crippen LogP) is 2.65. The molecule has 2 aromatic rings. The molecular formula is C17H17N3O. The number of carbonyl (C=O) groups is 1. The Balaban J connectivity index is 1.91. The molecule has 0 aliphatic heterocycles. The highest BCUT2D eigenvalue weighted by atomic mass is 16.2. The number of urea groups is 1. The van der Waals surface area contributed by atoms with Crippen LogP contribution in [-0.2, 0) is 6.54 Å². The Morgan fingerprint density at radius 1 is 1.24 bits per heavy atom. The number of nitrogens with one attached hydrogen (secondary N) is 2. The second-order valence-electron chi connectivity index (χ2n) is 4.56. The van der Waals surface area contributed by atoms with Crippen LogP contribution in [0.5, 0.6) is 0 Å². The molecule has 106 valence electrons. The van der Waals surface area contributed by atoms with E-state index in [0.717, 1.165) is 11.1 Å². The van der Waals surface area contributed by atoms with E-state index in [-0.39, 0.29) is 12.1 Å². The van der Waals surface area contributed by atoms with Crippen molar-refractivity contribution in [2.45, 2.75) is 19.0 Å². The summed E-state index contributed by atoms with van der Waals surface area (Å²) >= 11 is 0. The smallest absolute Gasteiger partial charge is 0.315 e. The van der Waals surface area contributed by atoms with E-state index in [1.807, 2.05) is 42.5 Å². The SMILES string of the molecule is C#CCC(NC(=O)NCc1cccnc1)c1ccccc1. The van der Waals surface area contributed by atoms with Gasteiger partial charge in [-0.3, -0.25) is 4.98 Å². The largest absolute Gasteiger partial charge is 0.334 e. The summed E-state index contributed by atoms with van der Waals surface area (Å²) in [5, 5.41) is 5.69. The van der Waals surface area contributed by atoms with Crippen molar-refractivity contribution in [1.82, 2.24) is 15.6 Å². The molecule has 1 aromatic heterocycles. The summed E-state index contributed by atoms with van der Waals surface area (Å²) in [4.78, 5) is 16.0. The third kappa shape index (κ3) is 4.66. The zero-order valence-corrected chi connectivity index (χ0v) is 11.6. The van der Waals surface area contributed by atoms with Crippen LogP contribution in [0.3, 0.4) is 0 Å². The lowest BCUT2D eigenvalue weighted by molar-refractivity contribution is 0.237. The van der Waals surface area contributed by atoms with Gasteiger partial charge in [-0.2, -0.15) is 0 Å². The molecule has 2 N–H and O–H groups in total. The van der Waals surface area contributed by atoms with Crippen LogP contribution >= 0.6 is 0 Å². The highest BCUT2D eigenvalue weighted by Gasteiger charge is 2.12. The molecule has 0 fully saturated rings. The number of nitrogens with zero attached hydrogens (tertiary/aromatic N) is 1. The van der Waals surface area contributed by atoms with Gasteiger partial charge in [0.2, 0.25) is 0 Å². The normalized spacial score (nSPS) is 11.2. The van der Waals surface area contributed by atoms with Crippen molar-refractivity contribution >= 4 is 6.03 Å². The molecule has 4 nitrogen and oxygen atoms in total. The monoisotopic (exact) mass is 279 g/mol. The number of terminal acetylenes is 1. The maximum atomic E-state index is 12.0. The first-order chi connectivity index (χ1) is 10.3. The quantitative estimate of drug-likeness (QED) is 0.827. The lowest BCUT2D eigenvalue weighted by Gasteiger charge is -2.17. The van der Waals surface area contributed by atoms with E-state index in [1.165, 1.54) is 0 Å². The minimum Gasteiger partial charge on any atom is -0.334 e. The van der Waals surface area contributed by atoms with Gasteiger partial charge >= 0.3 is 6.03 Å². The van der Waals surface area contributed by atoms with E-state index in [9.17, 15) is 4.79 Å². The Labute approximate surface area is 124 Å². The van der Waals surface area contributed by atoms with Gasteiger partial charge in [-0.25, -0.2) is 4.79 Å². The van der Waals surface area contributed by atoms with Crippen molar-refractivity contribution in [3.63, 3.8) is 0 Å². The molecule has 0 spiro atoms. The standard InChI is InChI=1S/C17H17N3O/c1-2-7-16(15-9-4-3-5-10-15)20-17(21)19-13-14-8-6-11-18-12-14/h1,3-6,8-12,16H,7,13H2,(H2,19,20,21). The van der Waals surface area contributed by atoms with Gasteiger partial charge in [-0.05, 0) is 17.2 Å². The molecule has 1 atom stereocenters. The second kappa shape index (κ2) is 7.71. The summed E-state index contributed by atoms with van der Waals surface area (Å²) in [5.41, 5.74) is 1.94. The molecule has 0 saturated carbocycles. The highest BCUT2D eigenvalue weighted by Crippen LogP contribution is 2.15. The molecule has 2 rings (SSSR count). The van der Waals surface area contributed by atoms with Crippen molar-refractivity contribution in [3.05, 3.63) is 66.0 Å². The summed E-state index contributed by atoms with van der Waals surface area (Å²) in [7, 11) is 0. The van der Waals surface area contributed by atoms with Crippen molar-refractivity contribution in [1.29, 1.82) is 0 Å². The molecule has 21 heavy (non-hydrogen) atoms. The Morgan fingerprint density at radius 3 is 2.71 bits per heavy atom. The molecule has 2 amide bonds. The summed E-state index contributed by atoms with van der Waals surface area (Å²) < 4.78 is 0. The average molecular weight is 279 g/mol. The first-order valence-electron chi connectivity index (χ1n) is 6.71. The van der Waals surface area contributed by atoms with Crippen molar-refractivity contribution in [2.24, 2.45) is 0 Å². The molecule has 0 saturated heterocycles. The maximum Gasteiger partial charge on any atom is 0.315 e. The van der Waals surface area contributed by atoms with Crippen molar-refractivity contribution in [3.8, 4) is 12.3 Å². The minimum absolute atomic E-state index is 0.190. The van der Waals surface area contributed by atoms with Crippen molar-refractivity contribution in [2.75, 3.05) is 0 Å². The summed E-state index contributed by atoms with van der Waals surface area (Å²) in [6.07, 6.45) is 9.24. The Morgan fingerprint density at radius 2 is 2.05 bits per heavy atom. The lowest BCUT2D eigenvalue weighted by atomic mass is 10.0. The van der Waals surface area contributed by atoms with E-state index in [2.05, 4.69) is 21.5 Å². The lowest BCUT2D eigenvalue weighted by Crippen LogP contribution is -2.37. The van der Waals surface area contributed by atoms with Gasteiger partial charge in [-0.15, -0.1) is 12.3 Å². The van der Waals surface area contributed by atoms with Gasteiger partial charge in [0.1, 0.15) is 0 Å². The third-order valence-corrected chi connectivity index (χ3v) is 3.01. The van der Waals surface area contributed by atoms with E-state index < -0.39 is 0 Å². The molecule has 0 aliphatic carbocycles. The molecular weight excluding hydrogens is 262 g/mol. The Bertz CT molecular complexity index is 605. The predicted molar refractivity (Wildman–Crippen MR) is 82.2 cm³/mol. The Hall–Kier alpha value is -2.80. The fourth-order valence-corrected chi connectivity index (χ4v) is 1.95.